The number of amides is 1. The molecule has 1 aliphatic rings. The van der Waals surface area contributed by atoms with Crippen LogP contribution >= 0.6 is 11.8 Å². The first-order valence-corrected chi connectivity index (χ1v) is 7.33. The molecule has 0 unspecified atom stereocenters. The fourth-order valence-electron chi connectivity index (χ4n) is 2.16. The van der Waals surface area contributed by atoms with Crippen LogP contribution in [0.4, 0.5) is 8.78 Å². The van der Waals surface area contributed by atoms with Gasteiger partial charge in [-0.25, -0.2) is 4.98 Å². The second kappa shape index (κ2) is 6.99. The van der Waals surface area contributed by atoms with Crippen LogP contribution in [-0.4, -0.2) is 47.7 Å². The molecule has 110 valence electrons. The van der Waals surface area contributed by atoms with Gasteiger partial charge in [0.15, 0.2) is 0 Å². The number of hydrogen-bond donors (Lipinski definition) is 1. The van der Waals surface area contributed by atoms with Crippen LogP contribution < -0.4 is 5.32 Å². The Balaban J connectivity index is 2.01. The molecule has 0 saturated carbocycles. The van der Waals surface area contributed by atoms with Gasteiger partial charge in [-0.05, 0) is 56.9 Å². The molecule has 0 spiro atoms. The minimum Gasteiger partial charge on any atom is -0.349 e. The zero-order chi connectivity index (χ0) is 14.5. The summed E-state index contributed by atoms with van der Waals surface area (Å²) in [5.41, 5.74) is 0.219. The highest BCUT2D eigenvalue weighted by molar-refractivity contribution is 7.99. The minimum absolute atomic E-state index is 0.0768. The van der Waals surface area contributed by atoms with E-state index in [1.54, 1.807) is 6.07 Å². The first-order chi connectivity index (χ1) is 9.56. The van der Waals surface area contributed by atoms with Gasteiger partial charge in [-0.15, -0.1) is 0 Å². The number of pyridine rings is 1. The van der Waals surface area contributed by atoms with Crippen LogP contribution in [0.5, 0.6) is 0 Å². The molecule has 0 bridgehead atoms. The van der Waals surface area contributed by atoms with Crippen molar-refractivity contribution >= 4 is 17.7 Å². The summed E-state index contributed by atoms with van der Waals surface area (Å²) in [6, 6.07) is 3.21. The van der Waals surface area contributed by atoms with E-state index in [2.05, 4.69) is 15.2 Å². The monoisotopic (exact) mass is 301 g/mol. The maximum absolute atomic E-state index is 12.5. The van der Waals surface area contributed by atoms with Crippen molar-refractivity contribution in [3.63, 3.8) is 0 Å². The standard InChI is InChI=1S/C13H17F2N3OS/c1-18-7-4-9(5-8-18)17-11(19)10-3-2-6-16-12(10)20-13(14)15/h2-3,6,9,13H,4-5,7-8H2,1H3,(H,17,19). The highest BCUT2D eigenvalue weighted by Crippen LogP contribution is 2.26. The number of thioether (sulfide) groups is 1. The van der Waals surface area contributed by atoms with Gasteiger partial charge < -0.3 is 10.2 Å². The van der Waals surface area contributed by atoms with Gasteiger partial charge in [0.1, 0.15) is 5.03 Å². The van der Waals surface area contributed by atoms with Gasteiger partial charge in [0.2, 0.25) is 0 Å². The van der Waals surface area contributed by atoms with Crippen molar-refractivity contribution < 1.29 is 13.6 Å². The fraction of sp³-hybridized carbons (Fsp3) is 0.538. The highest BCUT2D eigenvalue weighted by Gasteiger charge is 2.22. The number of carbonyl (C=O) groups is 1. The number of piperidine rings is 1. The molecule has 1 aromatic heterocycles. The van der Waals surface area contributed by atoms with Crippen LogP contribution in [0.25, 0.3) is 0 Å². The van der Waals surface area contributed by atoms with Gasteiger partial charge in [-0.2, -0.15) is 8.78 Å². The Hall–Kier alpha value is -1.21. The maximum atomic E-state index is 12.5. The van der Waals surface area contributed by atoms with Crippen LogP contribution in [0, 0.1) is 0 Å². The molecule has 7 heteroatoms. The zero-order valence-corrected chi connectivity index (χ0v) is 12.0. The average Bonchev–Trinajstić information content (AvgIpc) is 2.41. The molecule has 0 atom stereocenters. The lowest BCUT2D eigenvalue weighted by atomic mass is 10.1. The lowest BCUT2D eigenvalue weighted by Gasteiger charge is -2.29. The number of carbonyl (C=O) groups excluding carboxylic acids is 1. The van der Waals surface area contributed by atoms with Gasteiger partial charge in [0.25, 0.3) is 11.7 Å². The topological polar surface area (TPSA) is 45.2 Å². The summed E-state index contributed by atoms with van der Waals surface area (Å²) >= 11 is 0.302. The van der Waals surface area contributed by atoms with Crippen LogP contribution in [0.3, 0.4) is 0 Å². The quantitative estimate of drug-likeness (QED) is 0.866. The summed E-state index contributed by atoms with van der Waals surface area (Å²) in [5, 5.41) is 2.98. The molecule has 1 saturated heterocycles. The lowest BCUT2D eigenvalue weighted by Crippen LogP contribution is -2.43. The summed E-state index contributed by atoms with van der Waals surface area (Å²) in [4.78, 5) is 18.2. The van der Waals surface area contributed by atoms with Crippen LogP contribution in [0.15, 0.2) is 23.4 Å². The van der Waals surface area contributed by atoms with E-state index in [0.717, 1.165) is 25.9 Å². The normalized spacial score (nSPS) is 17.4. The first kappa shape index (κ1) is 15.2. The second-order valence-corrected chi connectivity index (χ2v) is 5.76. The van der Waals surface area contributed by atoms with Gasteiger partial charge in [-0.1, -0.05) is 0 Å². The third-order valence-electron chi connectivity index (χ3n) is 3.27. The van der Waals surface area contributed by atoms with E-state index in [0.29, 0.717) is 11.8 Å². The third kappa shape index (κ3) is 4.14. The van der Waals surface area contributed by atoms with E-state index in [9.17, 15) is 13.6 Å². The average molecular weight is 301 g/mol. The van der Waals surface area contributed by atoms with E-state index < -0.39 is 5.76 Å². The number of nitrogens with one attached hydrogen (secondary N) is 1. The van der Waals surface area contributed by atoms with E-state index in [1.165, 1.54) is 12.3 Å². The molecule has 1 aliphatic heterocycles. The van der Waals surface area contributed by atoms with Crippen molar-refractivity contribution in [2.24, 2.45) is 0 Å². The molecule has 2 rings (SSSR count). The summed E-state index contributed by atoms with van der Waals surface area (Å²) in [7, 11) is 2.04. The number of halogens is 2. The van der Waals surface area contributed by atoms with E-state index >= 15 is 0 Å². The van der Waals surface area contributed by atoms with Crippen molar-refractivity contribution in [3.8, 4) is 0 Å². The van der Waals surface area contributed by atoms with Crippen molar-refractivity contribution in [2.75, 3.05) is 20.1 Å². The van der Waals surface area contributed by atoms with Crippen molar-refractivity contribution in [1.82, 2.24) is 15.2 Å². The Labute approximate surface area is 120 Å². The van der Waals surface area contributed by atoms with E-state index in [4.69, 9.17) is 0 Å². The molecule has 1 amide bonds. The molecule has 20 heavy (non-hydrogen) atoms. The molecule has 1 aromatic rings. The largest absolute Gasteiger partial charge is 0.349 e. The number of rotatable bonds is 4. The van der Waals surface area contributed by atoms with Gasteiger partial charge in [0, 0.05) is 12.2 Å². The SMILES string of the molecule is CN1CCC(NC(=O)c2cccnc2SC(F)F)CC1. The van der Waals surface area contributed by atoms with Crippen molar-refractivity contribution in [2.45, 2.75) is 29.7 Å². The van der Waals surface area contributed by atoms with Gasteiger partial charge >= 0.3 is 0 Å². The van der Waals surface area contributed by atoms with Crippen molar-refractivity contribution in [3.05, 3.63) is 23.9 Å². The number of hydrogen-bond acceptors (Lipinski definition) is 4. The first-order valence-electron chi connectivity index (χ1n) is 6.45. The summed E-state index contributed by atoms with van der Waals surface area (Å²) in [6.07, 6.45) is 3.16. The summed E-state index contributed by atoms with van der Waals surface area (Å²) in [6.45, 7) is 1.85. The zero-order valence-electron chi connectivity index (χ0n) is 11.2. The Morgan fingerprint density at radius 2 is 2.20 bits per heavy atom. The molecule has 1 N–H and O–H groups in total. The van der Waals surface area contributed by atoms with E-state index in [-0.39, 0.29) is 22.5 Å². The molecule has 4 nitrogen and oxygen atoms in total. The third-order valence-corrected chi connectivity index (χ3v) is 4.00. The molecular formula is C13H17F2N3OS. The molecule has 0 aliphatic carbocycles. The second-order valence-electron chi connectivity index (χ2n) is 4.79. The summed E-state index contributed by atoms with van der Waals surface area (Å²) < 4.78 is 24.9. The fourth-order valence-corrected chi connectivity index (χ4v) is 2.74. The lowest BCUT2D eigenvalue weighted by molar-refractivity contribution is 0.0913. The number of alkyl halides is 2. The molecular weight excluding hydrogens is 284 g/mol. The summed E-state index contributed by atoms with van der Waals surface area (Å²) in [5.74, 6) is -2.91. The van der Waals surface area contributed by atoms with Gasteiger partial charge in [0.05, 0.1) is 5.56 Å². The smallest absolute Gasteiger partial charge is 0.290 e. The predicted octanol–water partition coefficient (Wildman–Crippen LogP) is 2.22. The highest BCUT2D eigenvalue weighted by atomic mass is 32.2. The number of likely N-dealkylation sites (tertiary alicyclic amines) is 1. The maximum Gasteiger partial charge on any atom is 0.290 e. The number of nitrogens with zero attached hydrogens (tertiary/aromatic N) is 2. The Morgan fingerprint density at radius 1 is 1.50 bits per heavy atom. The molecule has 0 radical (unpaired) electrons. The molecule has 1 fully saturated rings. The van der Waals surface area contributed by atoms with E-state index in [1.807, 2.05) is 7.05 Å². The van der Waals surface area contributed by atoms with Crippen LogP contribution in [0.2, 0.25) is 0 Å². The Kier molecular flexibility index (Phi) is 5.31. The minimum atomic E-state index is -2.58. The van der Waals surface area contributed by atoms with Crippen LogP contribution in [-0.2, 0) is 0 Å². The molecule has 2 heterocycles. The predicted molar refractivity (Wildman–Crippen MR) is 74.1 cm³/mol. The van der Waals surface area contributed by atoms with Crippen molar-refractivity contribution in [1.29, 1.82) is 0 Å². The number of aromatic nitrogens is 1. The Morgan fingerprint density at radius 3 is 2.85 bits per heavy atom. The molecule has 0 aromatic carbocycles. The van der Waals surface area contributed by atoms with Crippen LogP contribution in [0.1, 0.15) is 23.2 Å². The Bertz CT molecular complexity index is 465. The van der Waals surface area contributed by atoms with Gasteiger partial charge in [-0.3, -0.25) is 4.79 Å².